The summed E-state index contributed by atoms with van der Waals surface area (Å²) in [5, 5.41) is 10.3. The minimum atomic E-state index is -0.395. The fourth-order valence-corrected chi connectivity index (χ4v) is 2.97. The molecule has 2 aromatic carbocycles. The van der Waals surface area contributed by atoms with Crippen LogP contribution in [0.2, 0.25) is 0 Å². The van der Waals surface area contributed by atoms with Crippen LogP contribution >= 0.6 is 0 Å². The highest BCUT2D eigenvalue weighted by Crippen LogP contribution is 2.44. The van der Waals surface area contributed by atoms with Crippen LogP contribution in [0, 0.1) is 0 Å². The van der Waals surface area contributed by atoms with E-state index in [9.17, 15) is 9.90 Å². The first kappa shape index (κ1) is 19.2. The molecular formula is C20H20O8. The van der Waals surface area contributed by atoms with Gasteiger partial charge < -0.3 is 33.2 Å². The number of ether oxygens (including phenoxy) is 5. The summed E-state index contributed by atoms with van der Waals surface area (Å²) in [6.45, 7) is 0. The number of phenolic OH excluding ortho intramolecular Hbond substituents is 1. The number of fused-ring (bicyclic) bond motifs is 1. The Bertz CT molecular complexity index is 1080. The quantitative estimate of drug-likeness (QED) is 0.688. The number of hydrogen-bond acceptors (Lipinski definition) is 8. The molecule has 8 heteroatoms. The second kappa shape index (κ2) is 7.59. The van der Waals surface area contributed by atoms with Crippen LogP contribution in [0.4, 0.5) is 0 Å². The minimum Gasteiger partial charge on any atom is -0.504 e. The van der Waals surface area contributed by atoms with Crippen molar-refractivity contribution in [2.45, 2.75) is 0 Å². The van der Waals surface area contributed by atoms with E-state index in [2.05, 4.69) is 0 Å². The van der Waals surface area contributed by atoms with Crippen molar-refractivity contribution in [1.29, 1.82) is 0 Å². The highest BCUT2D eigenvalue weighted by atomic mass is 16.5. The number of methoxy groups -OCH3 is 5. The highest BCUT2D eigenvalue weighted by molar-refractivity contribution is 5.89. The summed E-state index contributed by atoms with van der Waals surface area (Å²) in [6, 6.07) is 6.04. The first-order chi connectivity index (χ1) is 13.5. The van der Waals surface area contributed by atoms with Gasteiger partial charge in [-0.3, -0.25) is 4.79 Å². The molecule has 0 atom stereocenters. The number of rotatable bonds is 6. The first-order valence-electron chi connectivity index (χ1n) is 8.21. The average Bonchev–Trinajstić information content (AvgIpc) is 2.72. The Labute approximate surface area is 160 Å². The maximum atomic E-state index is 13.0. The largest absolute Gasteiger partial charge is 0.504 e. The third-order valence-electron chi connectivity index (χ3n) is 4.31. The molecular weight excluding hydrogens is 368 g/mol. The van der Waals surface area contributed by atoms with E-state index in [-0.39, 0.29) is 45.5 Å². The maximum absolute atomic E-state index is 13.0. The van der Waals surface area contributed by atoms with Crippen LogP contribution in [0.5, 0.6) is 34.5 Å². The molecule has 0 fully saturated rings. The summed E-state index contributed by atoms with van der Waals surface area (Å²) in [6.07, 6.45) is 0. The van der Waals surface area contributed by atoms with Gasteiger partial charge in [-0.15, -0.1) is 0 Å². The molecule has 1 aromatic heterocycles. The van der Waals surface area contributed by atoms with E-state index in [4.69, 9.17) is 28.1 Å². The monoisotopic (exact) mass is 388 g/mol. The van der Waals surface area contributed by atoms with Gasteiger partial charge in [-0.1, -0.05) is 0 Å². The van der Waals surface area contributed by atoms with Gasteiger partial charge in [-0.25, -0.2) is 0 Å². The van der Waals surface area contributed by atoms with Crippen LogP contribution in [-0.4, -0.2) is 40.7 Å². The second-order valence-electron chi connectivity index (χ2n) is 5.70. The van der Waals surface area contributed by atoms with Gasteiger partial charge in [-0.2, -0.15) is 0 Å². The lowest BCUT2D eigenvalue weighted by atomic mass is 10.1. The zero-order valence-corrected chi connectivity index (χ0v) is 16.1. The summed E-state index contributed by atoms with van der Waals surface area (Å²) in [5.74, 6) is 1.08. The second-order valence-corrected chi connectivity index (χ2v) is 5.70. The Morgan fingerprint density at radius 1 is 0.786 bits per heavy atom. The van der Waals surface area contributed by atoms with Gasteiger partial charge in [0, 0.05) is 6.07 Å². The third-order valence-corrected chi connectivity index (χ3v) is 4.31. The molecule has 1 N–H and O–H groups in total. The van der Waals surface area contributed by atoms with E-state index in [1.54, 1.807) is 12.1 Å². The zero-order valence-electron chi connectivity index (χ0n) is 16.1. The molecule has 0 aliphatic carbocycles. The van der Waals surface area contributed by atoms with Crippen LogP contribution in [0.3, 0.4) is 0 Å². The van der Waals surface area contributed by atoms with Crippen molar-refractivity contribution < 1.29 is 33.2 Å². The number of aromatic hydroxyl groups is 1. The maximum Gasteiger partial charge on any atom is 0.235 e. The van der Waals surface area contributed by atoms with Crippen molar-refractivity contribution in [2.75, 3.05) is 35.5 Å². The Hall–Kier alpha value is -3.55. The van der Waals surface area contributed by atoms with E-state index in [0.717, 1.165) is 0 Å². The molecule has 0 spiro atoms. The summed E-state index contributed by atoms with van der Waals surface area (Å²) in [4.78, 5) is 13.0. The molecule has 0 radical (unpaired) electrons. The fourth-order valence-electron chi connectivity index (χ4n) is 2.97. The molecule has 0 bridgehead atoms. The molecule has 0 saturated heterocycles. The van der Waals surface area contributed by atoms with Gasteiger partial charge in [0.2, 0.25) is 16.9 Å². The topological polar surface area (TPSA) is 96.6 Å². The molecule has 8 nitrogen and oxygen atoms in total. The molecule has 3 aromatic rings. The molecule has 0 unspecified atom stereocenters. The van der Waals surface area contributed by atoms with Crippen molar-refractivity contribution in [1.82, 2.24) is 0 Å². The van der Waals surface area contributed by atoms with Crippen molar-refractivity contribution in [3.63, 3.8) is 0 Å². The van der Waals surface area contributed by atoms with E-state index < -0.39 is 5.43 Å². The fraction of sp³-hybridized carbons (Fsp3) is 0.250. The lowest BCUT2D eigenvalue weighted by Crippen LogP contribution is -2.09. The normalized spacial score (nSPS) is 10.6. The molecule has 0 saturated carbocycles. The average molecular weight is 388 g/mol. The van der Waals surface area contributed by atoms with Crippen LogP contribution in [0.25, 0.3) is 22.3 Å². The van der Waals surface area contributed by atoms with E-state index in [0.29, 0.717) is 11.3 Å². The van der Waals surface area contributed by atoms with Gasteiger partial charge >= 0.3 is 0 Å². The van der Waals surface area contributed by atoms with Gasteiger partial charge in [0.15, 0.2) is 28.6 Å². The predicted molar refractivity (Wildman–Crippen MR) is 102 cm³/mol. The van der Waals surface area contributed by atoms with E-state index in [1.807, 2.05) is 0 Å². The summed E-state index contributed by atoms with van der Waals surface area (Å²) in [7, 11) is 7.14. The van der Waals surface area contributed by atoms with E-state index in [1.165, 1.54) is 47.7 Å². The van der Waals surface area contributed by atoms with Crippen molar-refractivity contribution >= 4 is 11.0 Å². The van der Waals surface area contributed by atoms with E-state index >= 15 is 0 Å². The molecule has 148 valence electrons. The molecule has 3 rings (SSSR count). The third kappa shape index (κ3) is 2.92. The van der Waals surface area contributed by atoms with Crippen molar-refractivity contribution in [2.24, 2.45) is 0 Å². The zero-order chi connectivity index (χ0) is 20.4. The molecule has 28 heavy (non-hydrogen) atoms. The Kier molecular flexibility index (Phi) is 5.21. The smallest absolute Gasteiger partial charge is 0.235 e. The van der Waals surface area contributed by atoms with Crippen LogP contribution < -0.4 is 29.1 Å². The molecule has 0 amide bonds. The number of hydrogen-bond donors (Lipinski definition) is 1. The molecule has 0 aliphatic rings. The number of benzene rings is 2. The highest BCUT2D eigenvalue weighted by Gasteiger charge is 2.24. The van der Waals surface area contributed by atoms with Crippen LogP contribution in [0.15, 0.2) is 33.5 Å². The first-order valence-corrected chi connectivity index (χ1v) is 8.21. The van der Waals surface area contributed by atoms with Gasteiger partial charge in [-0.05, 0) is 18.2 Å². The van der Waals surface area contributed by atoms with Gasteiger partial charge in [0.05, 0.1) is 46.5 Å². The lowest BCUT2D eigenvalue weighted by Gasteiger charge is -2.15. The summed E-state index contributed by atoms with van der Waals surface area (Å²) in [5.41, 5.74) is 0.156. The Balaban J connectivity index is 2.46. The minimum absolute atomic E-state index is 0.0224. The van der Waals surface area contributed by atoms with Crippen LogP contribution in [0.1, 0.15) is 0 Å². The summed E-state index contributed by atoms with van der Waals surface area (Å²) < 4.78 is 32.6. The standard InChI is InChI=1S/C20H20O8/c1-23-13-7-6-10-16(22)20(27-5)18(28-17(10)19(13)26-4)11-8-15(25-3)12(21)9-14(11)24-2/h6-9,21H,1-5H3. The number of phenols is 1. The SMILES string of the molecule is COc1cc(-c2oc3c(OC)c(OC)ccc3c(=O)c2OC)c(OC)cc1O. The Morgan fingerprint density at radius 2 is 1.43 bits per heavy atom. The van der Waals surface area contributed by atoms with Crippen molar-refractivity contribution in [3.05, 3.63) is 34.5 Å². The summed E-state index contributed by atoms with van der Waals surface area (Å²) >= 11 is 0. The Morgan fingerprint density at radius 3 is 2.00 bits per heavy atom. The van der Waals surface area contributed by atoms with Crippen molar-refractivity contribution in [3.8, 4) is 45.8 Å². The van der Waals surface area contributed by atoms with Crippen LogP contribution in [-0.2, 0) is 0 Å². The lowest BCUT2D eigenvalue weighted by molar-refractivity contribution is 0.351. The van der Waals surface area contributed by atoms with Gasteiger partial charge in [0.25, 0.3) is 0 Å². The van der Waals surface area contributed by atoms with Gasteiger partial charge in [0.1, 0.15) is 5.75 Å². The molecule has 1 heterocycles. The predicted octanol–water partition coefficient (Wildman–Crippen LogP) is 3.21. The molecule has 0 aliphatic heterocycles.